The summed E-state index contributed by atoms with van der Waals surface area (Å²) < 4.78 is 0. The molecule has 1 unspecified atom stereocenters. The molecule has 1 atom stereocenters. The van der Waals surface area contributed by atoms with Gasteiger partial charge in [0.05, 0.1) is 0 Å². The minimum atomic E-state index is -0.712. The van der Waals surface area contributed by atoms with Crippen LogP contribution < -0.4 is 5.32 Å². The molecule has 0 amide bonds. The molecule has 94 valence electrons. The Balaban J connectivity index is 2.72. The van der Waals surface area contributed by atoms with Crippen molar-refractivity contribution in [3.05, 3.63) is 0 Å². The number of likely N-dealkylation sites (N-methyl/N-ethyl adjacent to an activating group) is 1. The molecule has 0 spiro atoms. The lowest BCUT2D eigenvalue weighted by molar-refractivity contribution is -0.152. The van der Waals surface area contributed by atoms with Crippen LogP contribution in [-0.4, -0.2) is 47.7 Å². The van der Waals surface area contributed by atoms with Gasteiger partial charge in [0, 0.05) is 6.04 Å². The van der Waals surface area contributed by atoms with Gasteiger partial charge >= 0.3 is 5.97 Å². The van der Waals surface area contributed by atoms with Crippen molar-refractivity contribution < 1.29 is 9.90 Å². The summed E-state index contributed by atoms with van der Waals surface area (Å²) in [4.78, 5) is 13.5. The third-order valence-corrected chi connectivity index (χ3v) is 3.83. The summed E-state index contributed by atoms with van der Waals surface area (Å²) in [5, 5.41) is 12.7. The minimum absolute atomic E-state index is 0.397. The Labute approximate surface area is 98.0 Å². The Bertz CT molecular complexity index is 239. The van der Waals surface area contributed by atoms with E-state index in [1.54, 1.807) is 0 Å². The molecule has 2 N–H and O–H groups in total. The lowest BCUT2D eigenvalue weighted by atomic mass is 9.90. The van der Waals surface area contributed by atoms with Gasteiger partial charge in [-0.3, -0.25) is 9.69 Å². The molecular weight excluding hydrogens is 204 g/mol. The molecule has 1 fully saturated rings. The van der Waals surface area contributed by atoms with E-state index in [0.717, 1.165) is 32.4 Å². The first-order valence-electron chi connectivity index (χ1n) is 6.19. The van der Waals surface area contributed by atoms with Gasteiger partial charge in [0.2, 0.25) is 0 Å². The van der Waals surface area contributed by atoms with Crippen LogP contribution in [0.4, 0.5) is 0 Å². The normalized spacial score (nSPS) is 22.0. The summed E-state index contributed by atoms with van der Waals surface area (Å²) in [5.74, 6) is -0.699. The summed E-state index contributed by atoms with van der Waals surface area (Å²) in [5.41, 5.74) is -0.712. The van der Waals surface area contributed by atoms with Crippen molar-refractivity contribution in [2.45, 2.75) is 51.1 Å². The molecule has 4 heteroatoms. The molecular formula is C12H24N2O2. The van der Waals surface area contributed by atoms with Crippen molar-refractivity contribution in [1.29, 1.82) is 0 Å². The smallest absolute Gasteiger partial charge is 0.323 e. The van der Waals surface area contributed by atoms with Crippen molar-refractivity contribution in [3.63, 3.8) is 0 Å². The van der Waals surface area contributed by atoms with Gasteiger partial charge < -0.3 is 10.4 Å². The van der Waals surface area contributed by atoms with E-state index in [1.165, 1.54) is 0 Å². The van der Waals surface area contributed by atoms with Crippen molar-refractivity contribution in [2.24, 2.45) is 0 Å². The number of carbonyl (C=O) groups is 1. The van der Waals surface area contributed by atoms with Gasteiger partial charge in [-0.15, -0.1) is 0 Å². The lowest BCUT2D eigenvalue weighted by Gasteiger charge is -2.42. The fourth-order valence-corrected chi connectivity index (χ4v) is 2.52. The number of hydrogen-bond donors (Lipinski definition) is 2. The van der Waals surface area contributed by atoms with Crippen LogP contribution in [0, 0.1) is 0 Å². The van der Waals surface area contributed by atoms with Crippen molar-refractivity contribution in [3.8, 4) is 0 Å². The summed E-state index contributed by atoms with van der Waals surface area (Å²) in [6.45, 7) is 5.88. The van der Waals surface area contributed by atoms with E-state index in [2.05, 4.69) is 10.2 Å². The number of nitrogens with zero attached hydrogens (tertiary/aromatic N) is 1. The van der Waals surface area contributed by atoms with Gasteiger partial charge in [0.25, 0.3) is 0 Å². The maximum Gasteiger partial charge on any atom is 0.323 e. The second-order valence-corrected chi connectivity index (χ2v) is 4.92. The zero-order chi connectivity index (χ0) is 12.2. The lowest BCUT2D eigenvalue weighted by Crippen LogP contribution is -2.56. The van der Waals surface area contributed by atoms with E-state index < -0.39 is 11.5 Å². The summed E-state index contributed by atoms with van der Waals surface area (Å²) in [6, 6.07) is 0.397. The largest absolute Gasteiger partial charge is 0.480 e. The highest BCUT2D eigenvalue weighted by Crippen LogP contribution is 2.25. The topological polar surface area (TPSA) is 52.6 Å². The number of rotatable bonds is 5. The Morgan fingerprint density at radius 3 is 2.50 bits per heavy atom. The van der Waals surface area contributed by atoms with Gasteiger partial charge in [-0.05, 0) is 46.3 Å². The molecule has 1 saturated heterocycles. The molecule has 1 aliphatic rings. The Morgan fingerprint density at radius 2 is 2.06 bits per heavy atom. The number of nitrogens with one attached hydrogen (secondary N) is 1. The monoisotopic (exact) mass is 228 g/mol. The highest BCUT2D eigenvalue weighted by atomic mass is 16.4. The van der Waals surface area contributed by atoms with Crippen LogP contribution in [0.2, 0.25) is 0 Å². The number of aliphatic carboxylic acids is 1. The summed E-state index contributed by atoms with van der Waals surface area (Å²) >= 11 is 0. The predicted octanol–water partition coefficient (Wildman–Crippen LogP) is 1.31. The van der Waals surface area contributed by atoms with Crippen LogP contribution in [-0.2, 0) is 4.79 Å². The molecule has 0 aromatic carbocycles. The second kappa shape index (κ2) is 5.64. The highest BCUT2D eigenvalue weighted by molar-refractivity contribution is 5.78. The first-order valence-corrected chi connectivity index (χ1v) is 6.19. The zero-order valence-electron chi connectivity index (χ0n) is 10.6. The molecule has 0 radical (unpaired) electrons. The molecule has 1 rings (SSSR count). The molecule has 4 nitrogen and oxygen atoms in total. The molecule has 0 aromatic rings. The Morgan fingerprint density at radius 1 is 1.50 bits per heavy atom. The molecule has 1 aliphatic heterocycles. The SMILES string of the molecule is CCCC(C)(C(=O)O)N(C)C1CCNCC1. The summed E-state index contributed by atoms with van der Waals surface area (Å²) in [6.07, 6.45) is 3.70. The van der Waals surface area contributed by atoms with E-state index >= 15 is 0 Å². The number of piperidine rings is 1. The molecule has 0 aliphatic carbocycles. The van der Waals surface area contributed by atoms with Gasteiger partial charge in [0.15, 0.2) is 0 Å². The quantitative estimate of drug-likeness (QED) is 0.745. The van der Waals surface area contributed by atoms with E-state index in [4.69, 9.17) is 0 Å². The predicted molar refractivity (Wildman–Crippen MR) is 64.6 cm³/mol. The van der Waals surface area contributed by atoms with Crippen molar-refractivity contribution in [1.82, 2.24) is 10.2 Å². The second-order valence-electron chi connectivity index (χ2n) is 4.92. The number of hydrogen-bond acceptors (Lipinski definition) is 3. The van der Waals surface area contributed by atoms with Crippen LogP contribution in [0.3, 0.4) is 0 Å². The zero-order valence-corrected chi connectivity index (χ0v) is 10.6. The molecule has 16 heavy (non-hydrogen) atoms. The Kier molecular flexibility index (Phi) is 4.74. The third-order valence-electron chi connectivity index (χ3n) is 3.83. The van der Waals surface area contributed by atoms with Crippen molar-refractivity contribution in [2.75, 3.05) is 20.1 Å². The highest BCUT2D eigenvalue weighted by Gasteiger charge is 2.39. The Hall–Kier alpha value is -0.610. The van der Waals surface area contributed by atoms with E-state index in [1.807, 2.05) is 20.9 Å². The first-order chi connectivity index (χ1) is 7.52. The minimum Gasteiger partial charge on any atom is -0.480 e. The average Bonchev–Trinajstić information content (AvgIpc) is 2.29. The third kappa shape index (κ3) is 2.74. The van der Waals surface area contributed by atoms with E-state index in [9.17, 15) is 9.90 Å². The van der Waals surface area contributed by atoms with Gasteiger partial charge in [-0.25, -0.2) is 0 Å². The van der Waals surface area contributed by atoms with Gasteiger partial charge in [0.1, 0.15) is 5.54 Å². The maximum absolute atomic E-state index is 11.4. The average molecular weight is 228 g/mol. The van der Waals surface area contributed by atoms with Gasteiger partial charge in [-0.1, -0.05) is 13.3 Å². The summed E-state index contributed by atoms with van der Waals surface area (Å²) in [7, 11) is 1.96. The van der Waals surface area contributed by atoms with Crippen LogP contribution >= 0.6 is 0 Å². The standard InChI is InChI=1S/C12H24N2O2/c1-4-7-12(2,11(15)16)14(3)10-5-8-13-9-6-10/h10,13H,4-9H2,1-3H3,(H,15,16). The fourth-order valence-electron chi connectivity index (χ4n) is 2.52. The first kappa shape index (κ1) is 13.5. The molecule has 0 saturated carbocycles. The van der Waals surface area contributed by atoms with Crippen LogP contribution in [0.25, 0.3) is 0 Å². The van der Waals surface area contributed by atoms with Crippen LogP contribution in [0.1, 0.15) is 39.5 Å². The number of carboxylic acids is 1. The number of carboxylic acid groups (broad SMARTS) is 1. The van der Waals surface area contributed by atoms with Crippen molar-refractivity contribution >= 4 is 5.97 Å². The maximum atomic E-state index is 11.4. The molecule has 0 bridgehead atoms. The van der Waals surface area contributed by atoms with E-state index in [0.29, 0.717) is 12.5 Å². The fraction of sp³-hybridized carbons (Fsp3) is 0.917. The van der Waals surface area contributed by atoms with Gasteiger partial charge in [-0.2, -0.15) is 0 Å². The molecule has 0 aromatic heterocycles. The van der Waals surface area contributed by atoms with E-state index in [-0.39, 0.29) is 0 Å². The van der Waals surface area contributed by atoms with Crippen LogP contribution in [0.5, 0.6) is 0 Å². The van der Waals surface area contributed by atoms with Crippen LogP contribution in [0.15, 0.2) is 0 Å². The molecule has 1 heterocycles.